The van der Waals surface area contributed by atoms with Crippen LogP contribution in [0.2, 0.25) is 0 Å². The quantitative estimate of drug-likeness (QED) is 0.895. The first-order valence-corrected chi connectivity index (χ1v) is 7.09. The molecule has 3 nitrogen and oxygen atoms in total. The summed E-state index contributed by atoms with van der Waals surface area (Å²) < 4.78 is 18.5. The highest BCUT2D eigenvalue weighted by Crippen LogP contribution is 2.36. The number of halogens is 1. The molecular weight excluding hydrogens is 269 g/mol. The van der Waals surface area contributed by atoms with E-state index in [1.807, 2.05) is 12.1 Å². The Bertz CT molecular complexity index is 657. The number of hydrogen-bond acceptors (Lipinski definition) is 3. The van der Waals surface area contributed by atoms with Crippen LogP contribution in [0.25, 0.3) is 0 Å². The number of rotatable bonds is 3. The van der Waals surface area contributed by atoms with E-state index in [9.17, 15) is 9.50 Å². The minimum absolute atomic E-state index is 0.147. The number of methoxy groups -OCH3 is 1. The van der Waals surface area contributed by atoms with Gasteiger partial charge in [0, 0.05) is 6.07 Å². The van der Waals surface area contributed by atoms with Gasteiger partial charge < -0.3 is 15.2 Å². The zero-order valence-corrected chi connectivity index (χ0v) is 11.9. The number of anilines is 1. The van der Waals surface area contributed by atoms with Crippen molar-refractivity contribution in [1.29, 1.82) is 0 Å². The lowest BCUT2D eigenvalue weighted by Gasteiger charge is -2.28. The van der Waals surface area contributed by atoms with Gasteiger partial charge in [0.2, 0.25) is 0 Å². The molecule has 0 bridgehead atoms. The fraction of sp³-hybridized carbons (Fsp3) is 0.294. The molecule has 2 aromatic carbocycles. The van der Waals surface area contributed by atoms with Gasteiger partial charge in [-0.15, -0.1) is 0 Å². The Balaban J connectivity index is 1.90. The van der Waals surface area contributed by atoms with Crippen molar-refractivity contribution >= 4 is 5.69 Å². The van der Waals surface area contributed by atoms with Crippen LogP contribution in [0.4, 0.5) is 10.1 Å². The number of hydrogen-bond donors (Lipinski definition) is 2. The Kier molecular flexibility index (Phi) is 3.69. The predicted octanol–water partition coefficient (Wildman–Crippen LogP) is 4.03. The molecule has 1 aliphatic rings. The Hall–Kier alpha value is -2.23. The van der Waals surface area contributed by atoms with E-state index >= 15 is 0 Å². The highest BCUT2D eigenvalue weighted by Gasteiger charge is 2.21. The molecule has 0 fully saturated rings. The average molecular weight is 287 g/mol. The second-order valence-corrected chi connectivity index (χ2v) is 5.32. The van der Waals surface area contributed by atoms with Gasteiger partial charge in [-0.05, 0) is 54.7 Å². The maximum absolute atomic E-state index is 13.3. The summed E-state index contributed by atoms with van der Waals surface area (Å²) in [4.78, 5) is 0. The first-order valence-electron chi connectivity index (χ1n) is 7.09. The van der Waals surface area contributed by atoms with Crippen LogP contribution in [0.1, 0.15) is 30.0 Å². The number of ether oxygens (including phenoxy) is 1. The number of fused-ring (bicyclic) bond motifs is 1. The third-order valence-corrected chi connectivity index (χ3v) is 3.93. The number of benzene rings is 2. The Morgan fingerprint density at radius 1 is 1.24 bits per heavy atom. The van der Waals surface area contributed by atoms with Crippen molar-refractivity contribution in [2.45, 2.75) is 25.3 Å². The van der Waals surface area contributed by atoms with Crippen molar-refractivity contribution in [3.63, 3.8) is 0 Å². The smallest absolute Gasteiger partial charge is 0.144 e. The van der Waals surface area contributed by atoms with Crippen LogP contribution < -0.4 is 10.1 Å². The summed E-state index contributed by atoms with van der Waals surface area (Å²) in [5, 5.41) is 13.0. The van der Waals surface area contributed by atoms with E-state index in [1.165, 1.54) is 30.4 Å². The van der Waals surface area contributed by atoms with Gasteiger partial charge in [0.05, 0.1) is 18.8 Å². The first-order chi connectivity index (χ1) is 10.2. The van der Waals surface area contributed by atoms with Crippen LogP contribution in [0.5, 0.6) is 11.5 Å². The number of nitrogens with one attached hydrogen (secondary N) is 1. The van der Waals surface area contributed by atoms with Crippen molar-refractivity contribution in [2.75, 3.05) is 12.4 Å². The standard InChI is InChI=1S/C17H18FNO2/c1-21-17-10-12(18)5-8-16(17)19-15-4-2-3-11-9-13(20)6-7-14(11)15/h5-10,15,19-20H,2-4H2,1H3. The Morgan fingerprint density at radius 2 is 2.10 bits per heavy atom. The van der Waals surface area contributed by atoms with Crippen LogP contribution in [0.3, 0.4) is 0 Å². The molecule has 0 amide bonds. The minimum atomic E-state index is -0.314. The van der Waals surface area contributed by atoms with Gasteiger partial charge in [-0.3, -0.25) is 0 Å². The van der Waals surface area contributed by atoms with Crippen molar-refractivity contribution < 1.29 is 14.2 Å². The first kappa shape index (κ1) is 13.7. The molecule has 0 saturated carbocycles. The van der Waals surface area contributed by atoms with Crippen molar-refractivity contribution in [3.05, 3.63) is 53.3 Å². The lowest BCUT2D eigenvalue weighted by atomic mass is 9.87. The molecule has 2 N–H and O–H groups in total. The van der Waals surface area contributed by atoms with Gasteiger partial charge in [0.25, 0.3) is 0 Å². The summed E-state index contributed by atoms with van der Waals surface area (Å²) >= 11 is 0. The molecule has 0 spiro atoms. The Morgan fingerprint density at radius 3 is 2.90 bits per heavy atom. The molecule has 110 valence electrons. The van der Waals surface area contributed by atoms with Crippen LogP contribution in [-0.4, -0.2) is 12.2 Å². The van der Waals surface area contributed by atoms with Crippen molar-refractivity contribution in [1.82, 2.24) is 0 Å². The summed E-state index contributed by atoms with van der Waals surface area (Å²) in [5.74, 6) is 0.487. The summed E-state index contributed by atoms with van der Waals surface area (Å²) in [7, 11) is 1.53. The Labute approximate surface area is 123 Å². The SMILES string of the molecule is COc1cc(F)ccc1NC1CCCc2cc(O)ccc21. The highest BCUT2D eigenvalue weighted by atomic mass is 19.1. The average Bonchev–Trinajstić information content (AvgIpc) is 2.49. The largest absolute Gasteiger partial charge is 0.508 e. The molecule has 21 heavy (non-hydrogen) atoms. The fourth-order valence-electron chi connectivity index (χ4n) is 2.92. The number of phenolic OH excluding ortho intramolecular Hbond substituents is 1. The van der Waals surface area contributed by atoms with Crippen LogP contribution in [-0.2, 0) is 6.42 Å². The molecule has 1 atom stereocenters. The van der Waals surface area contributed by atoms with Crippen LogP contribution in [0, 0.1) is 5.82 Å². The van der Waals surface area contributed by atoms with Crippen molar-refractivity contribution in [2.24, 2.45) is 0 Å². The van der Waals surface area contributed by atoms with E-state index in [4.69, 9.17) is 4.74 Å². The van der Waals surface area contributed by atoms with Gasteiger partial charge in [0.15, 0.2) is 0 Å². The number of aromatic hydroxyl groups is 1. The predicted molar refractivity (Wildman–Crippen MR) is 80.4 cm³/mol. The normalized spacial score (nSPS) is 17.1. The fourth-order valence-corrected chi connectivity index (χ4v) is 2.92. The molecular formula is C17H18FNO2. The van der Waals surface area contributed by atoms with E-state index in [0.717, 1.165) is 24.9 Å². The van der Waals surface area contributed by atoms with Gasteiger partial charge in [-0.25, -0.2) is 4.39 Å². The van der Waals surface area contributed by atoms with E-state index < -0.39 is 0 Å². The topological polar surface area (TPSA) is 41.5 Å². The minimum Gasteiger partial charge on any atom is -0.508 e. The molecule has 0 radical (unpaired) electrons. The molecule has 0 aromatic heterocycles. The second kappa shape index (κ2) is 5.64. The molecule has 0 heterocycles. The lowest BCUT2D eigenvalue weighted by molar-refractivity contribution is 0.412. The third kappa shape index (κ3) is 2.79. The molecule has 0 aliphatic heterocycles. The van der Waals surface area contributed by atoms with Crippen LogP contribution >= 0.6 is 0 Å². The molecule has 0 saturated heterocycles. The van der Waals surface area contributed by atoms with Gasteiger partial charge >= 0.3 is 0 Å². The molecule has 1 aliphatic carbocycles. The van der Waals surface area contributed by atoms with Crippen LogP contribution in [0.15, 0.2) is 36.4 Å². The maximum atomic E-state index is 13.3. The summed E-state index contributed by atoms with van der Waals surface area (Å²) in [6, 6.07) is 10.1. The molecule has 2 aromatic rings. The lowest BCUT2D eigenvalue weighted by Crippen LogP contribution is -2.17. The van der Waals surface area contributed by atoms with Gasteiger partial charge in [-0.1, -0.05) is 6.07 Å². The maximum Gasteiger partial charge on any atom is 0.144 e. The highest BCUT2D eigenvalue weighted by molar-refractivity contribution is 5.58. The zero-order chi connectivity index (χ0) is 14.8. The van der Waals surface area contributed by atoms with Gasteiger partial charge in [0.1, 0.15) is 17.3 Å². The second-order valence-electron chi connectivity index (χ2n) is 5.32. The molecule has 3 rings (SSSR count). The monoisotopic (exact) mass is 287 g/mol. The number of aryl methyl sites for hydroxylation is 1. The van der Waals surface area contributed by atoms with E-state index in [1.54, 1.807) is 12.1 Å². The van der Waals surface area contributed by atoms with Crippen molar-refractivity contribution in [3.8, 4) is 11.5 Å². The third-order valence-electron chi connectivity index (χ3n) is 3.93. The van der Waals surface area contributed by atoms with Gasteiger partial charge in [-0.2, -0.15) is 0 Å². The summed E-state index contributed by atoms with van der Waals surface area (Å²) in [5.41, 5.74) is 3.13. The summed E-state index contributed by atoms with van der Waals surface area (Å²) in [6.07, 6.45) is 3.03. The van der Waals surface area contributed by atoms with E-state index in [-0.39, 0.29) is 11.9 Å². The van der Waals surface area contributed by atoms with E-state index in [2.05, 4.69) is 5.32 Å². The number of phenols is 1. The van der Waals surface area contributed by atoms with E-state index in [0.29, 0.717) is 11.5 Å². The summed E-state index contributed by atoms with van der Waals surface area (Å²) in [6.45, 7) is 0. The zero-order valence-electron chi connectivity index (χ0n) is 11.9. The molecule has 4 heteroatoms. The molecule has 1 unspecified atom stereocenters.